The van der Waals surface area contributed by atoms with Crippen LogP contribution in [0.3, 0.4) is 0 Å². The molecule has 2 rings (SSSR count). The summed E-state index contributed by atoms with van der Waals surface area (Å²) >= 11 is 13.6. The van der Waals surface area contributed by atoms with Gasteiger partial charge in [0.15, 0.2) is 5.13 Å². The highest BCUT2D eigenvalue weighted by Crippen LogP contribution is 2.27. The number of nitrogens with zero attached hydrogens (tertiary/aromatic N) is 1. The normalized spacial score (nSPS) is 10.2. The van der Waals surface area contributed by atoms with Crippen molar-refractivity contribution in [1.82, 2.24) is 10.3 Å². The van der Waals surface area contributed by atoms with E-state index in [9.17, 15) is 4.79 Å². The van der Waals surface area contributed by atoms with Gasteiger partial charge in [-0.25, -0.2) is 4.98 Å². The number of halogens is 3. The highest BCUT2D eigenvalue weighted by Gasteiger charge is 2.09. The van der Waals surface area contributed by atoms with E-state index in [0.717, 1.165) is 23.4 Å². The zero-order chi connectivity index (χ0) is 15.9. The molecule has 0 aliphatic heterocycles. The van der Waals surface area contributed by atoms with Crippen LogP contribution in [0.25, 0.3) is 0 Å². The summed E-state index contributed by atoms with van der Waals surface area (Å²) in [6, 6.07) is 5.39. The third-order valence-electron chi connectivity index (χ3n) is 3.00. The van der Waals surface area contributed by atoms with Gasteiger partial charge in [0.2, 0.25) is 5.91 Å². The van der Waals surface area contributed by atoms with Crippen molar-refractivity contribution in [2.45, 2.75) is 19.3 Å². The number of benzene rings is 1. The molecule has 1 aromatic carbocycles. The van der Waals surface area contributed by atoms with Gasteiger partial charge in [0.05, 0.1) is 0 Å². The second-order valence-electron chi connectivity index (χ2n) is 4.80. The monoisotopic (exact) mass is 393 g/mol. The fourth-order valence-electron chi connectivity index (χ4n) is 1.92. The van der Waals surface area contributed by atoms with Crippen molar-refractivity contribution in [2.24, 2.45) is 0 Å². The molecule has 0 saturated heterocycles. The molecule has 0 radical (unpaired) electrons. The van der Waals surface area contributed by atoms with Gasteiger partial charge in [-0.2, -0.15) is 0 Å². The summed E-state index contributed by atoms with van der Waals surface area (Å²) in [6.07, 6.45) is 3.69. The molecule has 0 saturated carbocycles. The van der Waals surface area contributed by atoms with Crippen LogP contribution in [0.15, 0.2) is 24.4 Å². The first kappa shape index (κ1) is 20.2. The predicted octanol–water partition coefficient (Wildman–Crippen LogP) is 4.40. The molecule has 1 amide bonds. The molecule has 1 aromatic heterocycles. The van der Waals surface area contributed by atoms with Gasteiger partial charge < -0.3 is 10.6 Å². The van der Waals surface area contributed by atoms with Crippen LogP contribution in [-0.2, 0) is 11.2 Å². The minimum absolute atomic E-state index is 0. The standard InChI is InChI=1S/C15H17Cl2N3OS.ClH/c1-18-6-2-3-14(21)20-15-19-9-12(22-15)8-10-7-11(16)4-5-13(10)17;/h4-5,7,9,18H,2-3,6,8H2,1H3,(H,19,20,21);1H. The first-order valence-electron chi connectivity index (χ1n) is 6.91. The number of anilines is 1. The Bertz CT molecular complexity index is 649. The molecular formula is C15H18Cl3N3OS. The van der Waals surface area contributed by atoms with Crippen LogP contribution in [-0.4, -0.2) is 24.5 Å². The van der Waals surface area contributed by atoms with Crippen LogP contribution in [0.1, 0.15) is 23.3 Å². The van der Waals surface area contributed by atoms with Crippen LogP contribution < -0.4 is 10.6 Å². The molecule has 126 valence electrons. The van der Waals surface area contributed by atoms with Crippen molar-refractivity contribution in [3.05, 3.63) is 44.9 Å². The molecule has 0 spiro atoms. The number of thiazole rings is 1. The van der Waals surface area contributed by atoms with E-state index in [2.05, 4.69) is 15.6 Å². The lowest BCUT2D eigenvalue weighted by atomic mass is 10.1. The van der Waals surface area contributed by atoms with Crippen molar-refractivity contribution in [1.29, 1.82) is 0 Å². The average Bonchev–Trinajstić information content (AvgIpc) is 2.90. The van der Waals surface area contributed by atoms with Gasteiger partial charge in [0, 0.05) is 34.0 Å². The SMILES string of the molecule is CNCCCC(=O)Nc1ncc(Cc2cc(Cl)ccc2Cl)s1.Cl. The summed E-state index contributed by atoms with van der Waals surface area (Å²) in [6.45, 7) is 0.823. The van der Waals surface area contributed by atoms with E-state index in [1.165, 1.54) is 11.3 Å². The minimum Gasteiger partial charge on any atom is -0.320 e. The van der Waals surface area contributed by atoms with E-state index in [1.807, 2.05) is 13.1 Å². The fraction of sp³-hybridized carbons (Fsp3) is 0.333. The maximum atomic E-state index is 11.7. The zero-order valence-corrected chi connectivity index (χ0v) is 15.7. The molecule has 1 heterocycles. The second-order valence-corrected chi connectivity index (χ2v) is 6.76. The zero-order valence-electron chi connectivity index (χ0n) is 12.6. The third kappa shape index (κ3) is 6.65. The molecule has 23 heavy (non-hydrogen) atoms. The van der Waals surface area contributed by atoms with Crippen LogP contribution in [0.4, 0.5) is 5.13 Å². The molecule has 2 aromatic rings. The topological polar surface area (TPSA) is 54.0 Å². The minimum atomic E-state index is -0.0167. The molecule has 0 aliphatic carbocycles. The molecule has 0 atom stereocenters. The number of carbonyl (C=O) groups is 1. The van der Waals surface area contributed by atoms with Gasteiger partial charge in [0.25, 0.3) is 0 Å². The van der Waals surface area contributed by atoms with Crippen molar-refractivity contribution in [2.75, 3.05) is 18.9 Å². The van der Waals surface area contributed by atoms with Gasteiger partial charge in [-0.1, -0.05) is 23.2 Å². The lowest BCUT2D eigenvalue weighted by Gasteiger charge is -2.03. The summed E-state index contributed by atoms with van der Waals surface area (Å²) < 4.78 is 0. The summed E-state index contributed by atoms with van der Waals surface area (Å²) in [7, 11) is 1.87. The summed E-state index contributed by atoms with van der Waals surface area (Å²) in [5.41, 5.74) is 0.949. The molecule has 8 heteroatoms. The number of aromatic nitrogens is 1. The maximum Gasteiger partial charge on any atom is 0.226 e. The van der Waals surface area contributed by atoms with Crippen molar-refractivity contribution < 1.29 is 4.79 Å². The highest BCUT2D eigenvalue weighted by atomic mass is 35.5. The molecule has 4 nitrogen and oxygen atoms in total. The summed E-state index contributed by atoms with van der Waals surface area (Å²) in [5, 5.41) is 7.77. The second kappa shape index (κ2) is 10.1. The quantitative estimate of drug-likeness (QED) is 0.684. The van der Waals surface area contributed by atoms with E-state index < -0.39 is 0 Å². The Labute approximate surface area is 156 Å². The number of hydrogen-bond acceptors (Lipinski definition) is 4. The van der Waals surface area contributed by atoms with Crippen molar-refractivity contribution in [3.63, 3.8) is 0 Å². The Morgan fingerprint density at radius 2 is 2.13 bits per heavy atom. The van der Waals surface area contributed by atoms with E-state index in [-0.39, 0.29) is 18.3 Å². The Hall–Kier alpha value is -0.850. The van der Waals surface area contributed by atoms with Crippen LogP contribution in [0.2, 0.25) is 10.0 Å². The molecule has 0 aliphatic rings. The number of rotatable bonds is 7. The Morgan fingerprint density at radius 3 is 2.87 bits per heavy atom. The number of carbonyl (C=O) groups excluding carboxylic acids is 1. The first-order chi connectivity index (χ1) is 10.6. The van der Waals surface area contributed by atoms with Gasteiger partial charge in [-0.05, 0) is 43.8 Å². The van der Waals surface area contributed by atoms with Gasteiger partial charge in [0.1, 0.15) is 0 Å². The van der Waals surface area contributed by atoms with E-state index in [0.29, 0.717) is 28.0 Å². The van der Waals surface area contributed by atoms with Crippen LogP contribution in [0.5, 0.6) is 0 Å². The fourth-order valence-corrected chi connectivity index (χ4v) is 3.15. The van der Waals surface area contributed by atoms with E-state index in [4.69, 9.17) is 23.2 Å². The highest BCUT2D eigenvalue weighted by molar-refractivity contribution is 7.15. The largest absolute Gasteiger partial charge is 0.320 e. The van der Waals surface area contributed by atoms with Gasteiger partial charge in [-0.3, -0.25) is 4.79 Å². The Kier molecular flexibility index (Phi) is 8.87. The molecule has 2 N–H and O–H groups in total. The molecule has 0 bridgehead atoms. The number of amides is 1. The van der Waals surface area contributed by atoms with E-state index >= 15 is 0 Å². The summed E-state index contributed by atoms with van der Waals surface area (Å²) in [4.78, 5) is 17.0. The Morgan fingerprint density at radius 1 is 1.35 bits per heavy atom. The average molecular weight is 395 g/mol. The first-order valence-corrected chi connectivity index (χ1v) is 8.49. The third-order valence-corrected chi connectivity index (χ3v) is 4.52. The number of nitrogens with one attached hydrogen (secondary N) is 2. The molecule has 0 fully saturated rings. The number of hydrogen-bond donors (Lipinski definition) is 2. The molecule has 0 unspecified atom stereocenters. The van der Waals surface area contributed by atoms with Crippen LogP contribution in [0, 0.1) is 0 Å². The van der Waals surface area contributed by atoms with Gasteiger partial charge in [-0.15, -0.1) is 23.7 Å². The Balaban J connectivity index is 0.00000264. The molecular weight excluding hydrogens is 377 g/mol. The van der Waals surface area contributed by atoms with Gasteiger partial charge >= 0.3 is 0 Å². The van der Waals surface area contributed by atoms with Crippen molar-refractivity contribution in [3.8, 4) is 0 Å². The predicted molar refractivity (Wildman–Crippen MR) is 100 cm³/mol. The smallest absolute Gasteiger partial charge is 0.226 e. The maximum absolute atomic E-state index is 11.7. The van der Waals surface area contributed by atoms with Crippen molar-refractivity contribution >= 4 is 58.0 Å². The lowest BCUT2D eigenvalue weighted by molar-refractivity contribution is -0.116. The van der Waals surface area contributed by atoms with Crippen LogP contribution >= 0.6 is 46.9 Å². The lowest BCUT2D eigenvalue weighted by Crippen LogP contribution is -2.14. The summed E-state index contributed by atoms with van der Waals surface area (Å²) in [5.74, 6) is -0.0167. The van der Waals surface area contributed by atoms with E-state index in [1.54, 1.807) is 18.3 Å².